The first-order valence-corrected chi connectivity index (χ1v) is 11.5. The molecule has 156 valence electrons. The number of rotatable bonds is 5. The number of nitrogens with zero attached hydrogens (tertiary/aromatic N) is 3. The zero-order valence-electron chi connectivity index (χ0n) is 17.5. The highest BCUT2D eigenvalue weighted by molar-refractivity contribution is 7.99. The Morgan fingerprint density at radius 3 is 2.53 bits per heavy atom. The summed E-state index contributed by atoms with van der Waals surface area (Å²) >= 11 is 1.34. The van der Waals surface area contributed by atoms with Crippen molar-refractivity contribution < 1.29 is 4.79 Å². The third-order valence-corrected chi connectivity index (χ3v) is 6.80. The van der Waals surface area contributed by atoms with Crippen molar-refractivity contribution in [3.8, 4) is 5.69 Å². The van der Waals surface area contributed by atoms with Crippen molar-refractivity contribution in [1.82, 2.24) is 14.5 Å². The average molecular weight is 422 g/mol. The summed E-state index contributed by atoms with van der Waals surface area (Å²) in [4.78, 5) is 32.7. The quantitative estimate of drug-likeness (QED) is 0.447. The van der Waals surface area contributed by atoms with Crippen LogP contribution in [0.5, 0.6) is 0 Å². The third kappa shape index (κ3) is 4.29. The first-order chi connectivity index (χ1) is 14.5. The van der Waals surface area contributed by atoms with E-state index in [1.165, 1.54) is 31.0 Å². The van der Waals surface area contributed by atoms with Gasteiger partial charge in [-0.15, -0.1) is 0 Å². The number of carbonyl (C=O) groups excluding carboxylic acids is 1. The van der Waals surface area contributed by atoms with Crippen molar-refractivity contribution in [2.24, 2.45) is 0 Å². The monoisotopic (exact) mass is 421 g/mol. The van der Waals surface area contributed by atoms with Gasteiger partial charge in [-0.25, -0.2) is 4.98 Å². The van der Waals surface area contributed by atoms with E-state index in [-0.39, 0.29) is 17.2 Å². The van der Waals surface area contributed by atoms with Crippen molar-refractivity contribution in [1.29, 1.82) is 0 Å². The number of aromatic nitrogens is 2. The zero-order valence-corrected chi connectivity index (χ0v) is 18.3. The second kappa shape index (κ2) is 9.04. The molecular formula is C24H27N3O2S. The van der Waals surface area contributed by atoms with Gasteiger partial charge in [0, 0.05) is 13.1 Å². The molecule has 3 aromatic rings. The van der Waals surface area contributed by atoms with Gasteiger partial charge in [0.15, 0.2) is 5.16 Å². The number of thioether (sulfide) groups is 1. The van der Waals surface area contributed by atoms with E-state index < -0.39 is 0 Å². The summed E-state index contributed by atoms with van der Waals surface area (Å²) in [7, 11) is 1.90. The number of amides is 1. The molecule has 1 saturated carbocycles. The van der Waals surface area contributed by atoms with E-state index in [4.69, 9.17) is 4.98 Å². The summed E-state index contributed by atoms with van der Waals surface area (Å²) < 4.78 is 1.63. The van der Waals surface area contributed by atoms with Gasteiger partial charge in [-0.1, -0.05) is 60.9 Å². The number of aryl methyl sites for hydroxylation is 1. The molecule has 0 bridgehead atoms. The Morgan fingerprint density at radius 2 is 1.80 bits per heavy atom. The maximum atomic E-state index is 13.3. The topological polar surface area (TPSA) is 55.2 Å². The van der Waals surface area contributed by atoms with Gasteiger partial charge in [0.05, 0.1) is 22.3 Å². The van der Waals surface area contributed by atoms with E-state index >= 15 is 0 Å². The van der Waals surface area contributed by atoms with E-state index in [1.54, 1.807) is 10.6 Å². The summed E-state index contributed by atoms with van der Waals surface area (Å²) in [5.74, 6) is 0.355. The van der Waals surface area contributed by atoms with Gasteiger partial charge >= 0.3 is 0 Å². The minimum absolute atomic E-state index is 0.0877. The predicted octanol–water partition coefficient (Wildman–Crippen LogP) is 4.58. The Bertz CT molecular complexity index is 1100. The Labute approximate surface area is 181 Å². The lowest BCUT2D eigenvalue weighted by molar-refractivity contribution is -0.129. The van der Waals surface area contributed by atoms with Crippen molar-refractivity contribution in [2.75, 3.05) is 12.8 Å². The van der Waals surface area contributed by atoms with Crippen LogP contribution in [-0.2, 0) is 4.79 Å². The maximum absolute atomic E-state index is 13.3. The van der Waals surface area contributed by atoms with Crippen LogP contribution in [0.25, 0.3) is 16.6 Å². The van der Waals surface area contributed by atoms with E-state index in [2.05, 4.69) is 0 Å². The number of benzene rings is 2. The summed E-state index contributed by atoms with van der Waals surface area (Å²) in [6.07, 6.45) is 5.80. The predicted molar refractivity (Wildman–Crippen MR) is 122 cm³/mol. The van der Waals surface area contributed by atoms with Crippen LogP contribution >= 0.6 is 11.8 Å². The molecular weight excluding hydrogens is 394 g/mol. The van der Waals surface area contributed by atoms with Gasteiger partial charge in [0.25, 0.3) is 5.56 Å². The number of carbonyl (C=O) groups is 1. The molecule has 1 aromatic heterocycles. The van der Waals surface area contributed by atoms with Crippen molar-refractivity contribution in [3.05, 3.63) is 64.4 Å². The molecule has 1 aliphatic rings. The van der Waals surface area contributed by atoms with Gasteiger partial charge in [0.2, 0.25) is 5.91 Å². The van der Waals surface area contributed by atoms with Gasteiger partial charge in [-0.05, 0) is 44.0 Å². The first kappa shape index (κ1) is 20.7. The molecule has 5 nitrogen and oxygen atoms in total. The molecule has 1 heterocycles. The van der Waals surface area contributed by atoms with E-state index in [1.807, 2.05) is 61.3 Å². The molecule has 0 unspecified atom stereocenters. The average Bonchev–Trinajstić information content (AvgIpc) is 2.78. The van der Waals surface area contributed by atoms with Gasteiger partial charge in [-0.3, -0.25) is 14.2 Å². The highest BCUT2D eigenvalue weighted by Crippen LogP contribution is 2.25. The molecule has 0 saturated heterocycles. The summed E-state index contributed by atoms with van der Waals surface area (Å²) in [5.41, 5.74) is 2.43. The molecule has 4 rings (SSSR count). The number of fused-ring (bicyclic) bond motifs is 1. The van der Waals surface area contributed by atoms with Crippen LogP contribution in [0.3, 0.4) is 0 Å². The van der Waals surface area contributed by atoms with Crippen LogP contribution in [0.1, 0.15) is 37.7 Å². The minimum atomic E-state index is -0.111. The van der Waals surface area contributed by atoms with Crippen LogP contribution in [-0.4, -0.2) is 39.2 Å². The molecule has 0 N–H and O–H groups in total. The van der Waals surface area contributed by atoms with Gasteiger partial charge < -0.3 is 4.90 Å². The molecule has 1 fully saturated rings. The SMILES string of the molecule is Cc1ccc(-n2c(SCC(=O)N(C)C3CCCCC3)nc3ccccc3c2=O)cc1. The van der Waals surface area contributed by atoms with Crippen molar-refractivity contribution >= 4 is 28.6 Å². The van der Waals surface area contributed by atoms with Crippen LogP contribution < -0.4 is 5.56 Å². The van der Waals surface area contributed by atoms with Crippen LogP contribution in [0.2, 0.25) is 0 Å². The highest BCUT2D eigenvalue weighted by atomic mass is 32.2. The standard InChI is InChI=1S/C24H27N3O2S/c1-17-12-14-19(15-13-17)27-23(29)20-10-6-7-11-21(20)25-24(27)30-16-22(28)26(2)18-8-4-3-5-9-18/h6-7,10-15,18H,3-5,8-9,16H2,1-2H3. The number of para-hydroxylation sites is 1. The highest BCUT2D eigenvalue weighted by Gasteiger charge is 2.23. The Kier molecular flexibility index (Phi) is 6.23. The lowest BCUT2D eigenvalue weighted by Gasteiger charge is -2.31. The van der Waals surface area contributed by atoms with Crippen molar-refractivity contribution in [2.45, 2.75) is 50.2 Å². The Balaban J connectivity index is 1.65. The fourth-order valence-corrected chi connectivity index (χ4v) is 4.97. The van der Waals surface area contributed by atoms with Gasteiger partial charge in [0.1, 0.15) is 0 Å². The molecule has 0 spiro atoms. The molecule has 6 heteroatoms. The summed E-state index contributed by atoms with van der Waals surface area (Å²) in [5, 5.41) is 1.13. The molecule has 0 atom stereocenters. The van der Waals surface area contributed by atoms with Crippen LogP contribution in [0.4, 0.5) is 0 Å². The summed E-state index contributed by atoms with van der Waals surface area (Å²) in [6, 6.07) is 15.5. The summed E-state index contributed by atoms with van der Waals surface area (Å²) in [6.45, 7) is 2.01. The largest absolute Gasteiger partial charge is 0.342 e. The molecule has 1 aliphatic carbocycles. The van der Waals surface area contributed by atoms with E-state index in [9.17, 15) is 9.59 Å². The third-order valence-electron chi connectivity index (χ3n) is 5.88. The Hall–Kier alpha value is -2.60. The van der Waals surface area contributed by atoms with Crippen LogP contribution in [0.15, 0.2) is 58.5 Å². The first-order valence-electron chi connectivity index (χ1n) is 10.5. The van der Waals surface area contributed by atoms with Crippen molar-refractivity contribution in [3.63, 3.8) is 0 Å². The fraction of sp³-hybridized carbons (Fsp3) is 0.375. The Morgan fingerprint density at radius 1 is 1.10 bits per heavy atom. The minimum Gasteiger partial charge on any atom is -0.342 e. The zero-order chi connectivity index (χ0) is 21.1. The maximum Gasteiger partial charge on any atom is 0.266 e. The molecule has 0 aliphatic heterocycles. The molecule has 2 aromatic carbocycles. The number of hydrogen-bond donors (Lipinski definition) is 0. The smallest absolute Gasteiger partial charge is 0.266 e. The second-order valence-electron chi connectivity index (χ2n) is 7.97. The lowest BCUT2D eigenvalue weighted by Crippen LogP contribution is -2.39. The lowest BCUT2D eigenvalue weighted by atomic mass is 9.94. The fourth-order valence-electron chi connectivity index (χ4n) is 4.03. The molecule has 1 amide bonds. The van der Waals surface area contributed by atoms with Crippen LogP contribution in [0, 0.1) is 6.92 Å². The van der Waals surface area contributed by atoms with E-state index in [0.717, 1.165) is 24.1 Å². The molecule has 30 heavy (non-hydrogen) atoms. The molecule has 0 radical (unpaired) electrons. The second-order valence-corrected chi connectivity index (χ2v) is 8.92. The normalized spacial score (nSPS) is 14.7. The number of hydrogen-bond acceptors (Lipinski definition) is 4. The van der Waals surface area contributed by atoms with E-state index in [0.29, 0.717) is 22.1 Å². The van der Waals surface area contributed by atoms with Gasteiger partial charge in [-0.2, -0.15) is 0 Å².